The Bertz CT molecular complexity index is 2460. The first-order valence-electron chi connectivity index (χ1n) is 15.4. The van der Waals surface area contributed by atoms with Gasteiger partial charge in [-0.15, -0.1) is 0 Å². The Labute approximate surface area is 265 Å². The molecule has 46 heavy (non-hydrogen) atoms. The molecule has 0 fully saturated rings. The highest BCUT2D eigenvalue weighted by Gasteiger charge is 2.18. The Balaban J connectivity index is 1.20. The maximum atomic E-state index is 4.62. The number of hydrogen-bond donors (Lipinski definition) is 1. The summed E-state index contributed by atoms with van der Waals surface area (Å²) in [6.07, 6.45) is 13.1. The Hall–Kier alpha value is -6.20. The van der Waals surface area contributed by atoms with E-state index in [-0.39, 0.29) is 6.17 Å². The molecule has 0 saturated carbocycles. The number of nitrogens with one attached hydrogen (secondary N) is 1. The van der Waals surface area contributed by atoms with E-state index in [2.05, 4.69) is 128 Å². The van der Waals surface area contributed by atoms with Crippen molar-refractivity contribution in [1.29, 1.82) is 0 Å². The van der Waals surface area contributed by atoms with Gasteiger partial charge in [0.2, 0.25) is 0 Å². The molecule has 0 bridgehead atoms. The molecule has 5 nitrogen and oxygen atoms in total. The summed E-state index contributed by atoms with van der Waals surface area (Å²) in [6, 6.07) is 39.2. The van der Waals surface area contributed by atoms with Crippen LogP contribution in [0.3, 0.4) is 0 Å². The molecule has 0 aliphatic carbocycles. The van der Waals surface area contributed by atoms with Gasteiger partial charge in [0.15, 0.2) is 5.82 Å². The van der Waals surface area contributed by atoms with Crippen molar-refractivity contribution in [2.24, 2.45) is 4.99 Å². The average Bonchev–Trinajstić information content (AvgIpc) is 3.13. The van der Waals surface area contributed by atoms with Crippen LogP contribution in [0.25, 0.3) is 76.7 Å². The molecule has 1 N–H and O–H groups in total. The van der Waals surface area contributed by atoms with E-state index in [0.29, 0.717) is 0 Å². The van der Waals surface area contributed by atoms with Gasteiger partial charge in [-0.3, -0.25) is 9.98 Å². The molecule has 0 amide bonds. The number of fused-ring (bicyclic) bond motifs is 4. The summed E-state index contributed by atoms with van der Waals surface area (Å²) >= 11 is 0. The van der Waals surface area contributed by atoms with Gasteiger partial charge in [0.1, 0.15) is 6.17 Å². The molecule has 9 rings (SSSR count). The predicted molar refractivity (Wildman–Crippen MR) is 190 cm³/mol. The summed E-state index contributed by atoms with van der Waals surface area (Å²) in [7, 11) is 0. The van der Waals surface area contributed by atoms with Crippen molar-refractivity contribution in [2.45, 2.75) is 6.17 Å². The van der Waals surface area contributed by atoms with Crippen LogP contribution in [0.15, 0.2) is 151 Å². The normalized spacial score (nSPS) is 14.3. The monoisotopic (exact) mass is 589 g/mol. The molecular weight excluding hydrogens is 562 g/mol. The van der Waals surface area contributed by atoms with Crippen molar-refractivity contribution in [3.63, 3.8) is 0 Å². The third-order valence-electron chi connectivity index (χ3n) is 8.92. The van der Waals surface area contributed by atoms with Gasteiger partial charge in [0.25, 0.3) is 0 Å². The Kier molecular flexibility index (Phi) is 6.13. The number of aliphatic imine (C=N–C) groups is 1. The molecule has 2 aromatic heterocycles. The maximum absolute atomic E-state index is 4.62. The van der Waals surface area contributed by atoms with Crippen molar-refractivity contribution in [2.75, 3.05) is 0 Å². The molecule has 5 heteroatoms. The zero-order valence-corrected chi connectivity index (χ0v) is 24.8. The fourth-order valence-corrected chi connectivity index (χ4v) is 6.77. The number of benzene rings is 6. The Morgan fingerprint density at radius 2 is 1.13 bits per heavy atom. The van der Waals surface area contributed by atoms with Crippen LogP contribution >= 0.6 is 0 Å². The van der Waals surface area contributed by atoms with Crippen LogP contribution in [0.4, 0.5) is 0 Å². The van der Waals surface area contributed by atoms with Crippen LogP contribution in [0.2, 0.25) is 0 Å². The minimum absolute atomic E-state index is 0.0583. The van der Waals surface area contributed by atoms with Crippen LogP contribution in [0.1, 0.15) is 11.7 Å². The molecule has 6 aromatic carbocycles. The second-order valence-electron chi connectivity index (χ2n) is 11.6. The summed E-state index contributed by atoms with van der Waals surface area (Å²) in [4.78, 5) is 18.1. The minimum atomic E-state index is -0.0583. The van der Waals surface area contributed by atoms with E-state index in [1.54, 1.807) is 12.4 Å². The molecule has 0 saturated heterocycles. The summed E-state index contributed by atoms with van der Waals surface area (Å²) in [6.45, 7) is 0. The third kappa shape index (κ3) is 4.41. The molecule has 1 aliphatic heterocycles. The molecule has 8 aromatic rings. The van der Waals surface area contributed by atoms with E-state index >= 15 is 0 Å². The summed E-state index contributed by atoms with van der Waals surface area (Å²) < 4.78 is 0. The molecule has 0 radical (unpaired) electrons. The summed E-state index contributed by atoms with van der Waals surface area (Å²) in [5, 5.41) is 12.8. The molecular formula is C41H27N5. The lowest BCUT2D eigenvalue weighted by Crippen LogP contribution is -2.15. The van der Waals surface area contributed by atoms with Gasteiger partial charge in [0, 0.05) is 42.0 Å². The van der Waals surface area contributed by atoms with E-state index in [0.717, 1.165) is 33.3 Å². The third-order valence-corrected chi connectivity index (χ3v) is 8.92. The Morgan fingerprint density at radius 1 is 0.522 bits per heavy atom. The van der Waals surface area contributed by atoms with E-state index in [9.17, 15) is 0 Å². The van der Waals surface area contributed by atoms with Crippen LogP contribution in [-0.4, -0.2) is 21.2 Å². The van der Waals surface area contributed by atoms with Gasteiger partial charge in [-0.2, -0.15) is 0 Å². The zero-order chi connectivity index (χ0) is 30.5. The first kappa shape index (κ1) is 26.2. The van der Waals surface area contributed by atoms with E-state index < -0.39 is 0 Å². The van der Waals surface area contributed by atoms with Crippen molar-refractivity contribution in [1.82, 2.24) is 20.3 Å². The SMILES string of the molecule is C1=CNC(c2ccc3cc(-c4c5ccccc5c(-c5ccc6cc(-c7ncccn7)ccc6c5)c5cnccc45)ccc3c2)N=C1. The Morgan fingerprint density at radius 3 is 1.83 bits per heavy atom. The van der Waals surface area contributed by atoms with Gasteiger partial charge in [-0.05, 0) is 114 Å². The highest BCUT2D eigenvalue weighted by molar-refractivity contribution is 6.21. The van der Waals surface area contributed by atoms with Crippen molar-refractivity contribution in [3.05, 3.63) is 152 Å². The van der Waals surface area contributed by atoms with Gasteiger partial charge < -0.3 is 5.32 Å². The fraction of sp³-hybridized carbons (Fsp3) is 0.0244. The van der Waals surface area contributed by atoms with Crippen molar-refractivity contribution >= 4 is 49.3 Å². The van der Waals surface area contributed by atoms with Crippen LogP contribution in [-0.2, 0) is 0 Å². The van der Waals surface area contributed by atoms with Gasteiger partial charge in [-0.1, -0.05) is 72.8 Å². The lowest BCUT2D eigenvalue weighted by Gasteiger charge is -2.18. The summed E-state index contributed by atoms with van der Waals surface area (Å²) in [5.41, 5.74) is 6.92. The summed E-state index contributed by atoms with van der Waals surface area (Å²) in [5.74, 6) is 0.731. The largest absolute Gasteiger partial charge is 0.366 e. The fourth-order valence-electron chi connectivity index (χ4n) is 6.77. The number of allylic oxidation sites excluding steroid dienone is 1. The standard InChI is InChI=1S/C41H27N5/c1-2-6-35-34(5-1)38(30-11-7-28-23-32(13-9-26(28)21-30)40-43-16-3-17-44-40)36-15-20-42-25-37(36)39(35)31-12-8-29-24-33(14-10-27(29)22-31)41-45-18-4-19-46-41/h1-25,40,43H. The first-order valence-corrected chi connectivity index (χ1v) is 15.4. The number of pyridine rings is 1. The van der Waals surface area contributed by atoms with Crippen LogP contribution in [0.5, 0.6) is 0 Å². The molecule has 0 spiro atoms. The van der Waals surface area contributed by atoms with E-state index in [1.807, 2.05) is 37.0 Å². The number of rotatable bonds is 4. The van der Waals surface area contributed by atoms with Gasteiger partial charge >= 0.3 is 0 Å². The molecule has 3 heterocycles. The number of nitrogens with zero attached hydrogens (tertiary/aromatic N) is 4. The smallest absolute Gasteiger partial charge is 0.159 e. The second-order valence-corrected chi connectivity index (χ2v) is 11.6. The van der Waals surface area contributed by atoms with Gasteiger partial charge in [0.05, 0.1) is 0 Å². The van der Waals surface area contributed by atoms with Gasteiger partial charge in [-0.25, -0.2) is 9.97 Å². The number of hydrogen-bond acceptors (Lipinski definition) is 5. The quantitative estimate of drug-likeness (QED) is 0.208. The van der Waals surface area contributed by atoms with Crippen molar-refractivity contribution in [3.8, 4) is 33.6 Å². The highest BCUT2D eigenvalue weighted by Crippen LogP contribution is 2.44. The van der Waals surface area contributed by atoms with E-state index in [4.69, 9.17) is 0 Å². The molecule has 216 valence electrons. The average molecular weight is 590 g/mol. The van der Waals surface area contributed by atoms with Crippen LogP contribution in [0, 0.1) is 0 Å². The predicted octanol–water partition coefficient (Wildman–Crippen LogP) is 9.67. The minimum Gasteiger partial charge on any atom is -0.366 e. The molecule has 1 unspecified atom stereocenters. The highest BCUT2D eigenvalue weighted by atomic mass is 15.1. The zero-order valence-electron chi connectivity index (χ0n) is 24.8. The lowest BCUT2D eigenvalue weighted by molar-refractivity contribution is 0.654. The molecule has 1 atom stereocenters. The molecule has 1 aliphatic rings. The first-order chi connectivity index (χ1) is 22.8. The maximum Gasteiger partial charge on any atom is 0.159 e. The number of aromatic nitrogens is 3. The van der Waals surface area contributed by atoms with E-state index in [1.165, 1.54) is 49.0 Å². The topological polar surface area (TPSA) is 63.1 Å². The lowest BCUT2D eigenvalue weighted by atomic mass is 9.86. The second kappa shape index (κ2) is 10.8. The van der Waals surface area contributed by atoms with Crippen molar-refractivity contribution < 1.29 is 0 Å². The van der Waals surface area contributed by atoms with Crippen LogP contribution < -0.4 is 5.32 Å².